The molecule has 1 aliphatic rings. The standard InChI is InChI=1S/C9H14N2OS/c10-3-1-8-5-11-9(13-8)7-2-4-12-6-7/h5,7H,1-4,6,10H2. The lowest BCUT2D eigenvalue weighted by Crippen LogP contribution is -2.00. The van der Waals surface area contributed by atoms with Crippen molar-refractivity contribution in [1.82, 2.24) is 4.98 Å². The van der Waals surface area contributed by atoms with E-state index in [1.54, 1.807) is 11.3 Å². The average Bonchev–Trinajstić information content (AvgIpc) is 2.70. The molecule has 1 unspecified atom stereocenters. The largest absolute Gasteiger partial charge is 0.381 e. The van der Waals surface area contributed by atoms with Crippen LogP contribution in [0.3, 0.4) is 0 Å². The number of nitrogens with zero attached hydrogens (tertiary/aromatic N) is 1. The topological polar surface area (TPSA) is 48.1 Å². The van der Waals surface area contributed by atoms with E-state index in [0.29, 0.717) is 12.5 Å². The monoisotopic (exact) mass is 198 g/mol. The minimum Gasteiger partial charge on any atom is -0.381 e. The summed E-state index contributed by atoms with van der Waals surface area (Å²) >= 11 is 1.78. The van der Waals surface area contributed by atoms with E-state index in [9.17, 15) is 0 Å². The molecule has 0 aromatic carbocycles. The van der Waals surface area contributed by atoms with Gasteiger partial charge in [0.25, 0.3) is 0 Å². The molecule has 1 aliphatic heterocycles. The van der Waals surface area contributed by atoms with Gasteiger partial charge in [-0.05, 0) is 19.4 Å². The Morgan fingerprint density at radius 3 is 3.31 bits per heavy atom. The highest BCUT2D eigenvalue weighted by molar-refractivity contribution is 7.11. The van der Waals surface area contributed by atoms with Crippen LogP contribution in [0.4, 0.5) is 0 Å². The van der Waals surface area contributed by atoms with Crippen molar-refractivity contribution in [1.29, 1.82) is 0 Å². The Bertz CT molecular complexity index is 268. The third kappa shape index (κ3) is 2.07. The third-order valence-corrected chi connectivity index (χ3v) is 3.46. The van der Waals surface area contributed by atoms with E-state index in [1.807, 2.05) is 6.20 Å². The molecule has 0 saturated carbocycles. The van der Waals surface area contributed by atoms with Crippen molar-refractivity contribution >= 4 is 11.3 Å². The molecule has 0 amide bonds. The molecular weight excluding hydrogens is 184 g/mol. The first-order valence-electron chi connectivity index (χ1n) is 4.62. The summed E-state index contributed by atoms with van der Waals surface area (Å²) in [5, 5.41) is 1.22. The van der Waals surface area contributed by atoms with E-state index >= 15 is 0 Å². The van der Waals surface area contributed by atoms with Gasteiger partial charge < -0.3 is 10.5 Å². The minimum absolute atomic E-state index is 0.538. The molecule has 1 saturated heterocycles. The highest BCUT2D eigenvalue weighted by Crippen LogP contribution is 2.28. The van der Waals surface area contributed by atoms with Crippen molar-refractivity contribution in [3.05, 3.63) is 16.1 Å². The van der Waals surface area contributed by atoms with Crippen LogP contribution in [-0.2, 0) is 11.2 Å². The van der Waals surface area contributed by atoms with Gasteiger partial charge in [0.15, 0.2) is 0 Å². The molecule has 3 nitrogen and oxygen atoms in total. The fraction of sp³-hybridized carbons (Fsp3) is 0.667. The molecular formula is C9H14N2OS. The van der Waals surface area contributed by atoms with Crippen molar-refractivity contribution < 1.29 is 4.74 Å². The van der Waals surface area contributed by atoms with E-state index in [4.69, 9.17) is 10.5 Å². The van der Waals surface area contributed by atoms with Crippen molar-refractivity contribution in [3.63, 3.8) is 0 Å². The summed E-state index contributed by atoms with van der Waals surface area (Å²) < 4.78 is 5.32. The van der Waals surface area contributed by atoms with E-state index in [-0.39, 0.29) is 0 Å². The quantitative estimate of drug-likeness (QED) is 0.792. The van der Waals surface area contributed by atoms with E-state index < -0.39 is 0 Å². The Hall–Kier alpha value is -0.450. The second-order valence-corrected chi connectivity index (χ2v) is 4.41. The van der Waals surface area contributed by atoms with Gasteiger partial charge in [0.2, 0.25) is 0 Å². The van der Waals surface area contributed by atoms with Gasteiger partial charge in [-0.1, -0.05) is 0 Å². The molecule has 72 valence electrons. The molecule has 1 fully saturated rings. The fourth-order valence-electron chi connectivity index (χ4n) is 1.50. The maximum Gasteiger partial charge on any atom is 0.0982 e. The lowest BCUT2D eigenvalue weighted by Gasteiger charge is -2.00. The number of rotatable bonds is 3. The smallest absolute Gasteiger partial charge is 0.0982 e. The Morgan fingerprint density at radius 1 is 1.69 bits per heavy atom. The van der Waals surface area contributed by atoms with E-state index in [1.165, 1.54) is 9.88 Å². The van der Waals surface area contributed by atoms with Crippen molar-refractivity contribution in [3.8, 4) is 0 Å². The average molecular weight is 198 g/mol. The van der Waals surface area contributed by atoms with Crippen LogP contribution >= 0.6 is 11.3 Å². The van der Waals surface area contributed by atoms with Crippen LogP contribution in [0, 0.1) is 0 Å². The van der Waals surface area contributed by atoms with Gasteiger partial charge in [-0.25, -0.2) is 4.98 Å². The summed E-state index contributed by atoms with van der Waals surface area (Å²) in [6.45, 7) is 2.44. The Morgan fingerprint density at radius 2 is 2.62 bits per heavy atom. The molecule has 0 spiro atoms. The number of nitrogens with two attached hydrogens (primary N) is 1. The zero-order chi connectivity index (χ0) is 9.10. The molecule has 2 rings (SSSR count). The van der Waals surface area contributed by atoms with E-state index in [2.05, 4.69) is 4.98 Å². The number of hydrogen-bond donors (Lipinski definition) is 1. The lowest BCUT2D eigenvalue weighted by atomic mass is 10.1. The van der Waals surface area contributed by atoms with Crippen LogP contribution in [0.15, 0.2) is 6.20 Å². The van der Waals surface area contributed by atoms with Crippen LogP contribution in [-0.4, -0.2) is 24.7 Å². The number of aromatic nitrogens is 1. The molecule has 0 bridgehead atoms. The Kier molecular flexibility index (Phi) is 2.93. The van der Waals surface area contributed by atoms with E-state index in [0.717, 1.165) is 26.1 Å². The summed E-state index contributed by atoms with van der Waals surface area (Å²) in [5.74, 6) is 0.538. The third-order valence-electron chi connectivity index (χ3n) is 2.24. The zero-order valence-corrected chi connectivity index (χ0v) is 8.35. The van der Waals surface area contributed by atoms with Crippen molar-refractivity contribution in [2.75, 3.05) is 19.8 Å². The Labute approximate surface area is 81.9 Å². The van der Waals surface area contributed by atoms with Gasteiger partial charge in [0, 0.05) is 23.6 Å². The van der Waals surface area contributed by atoms with Crippen LogP contribution in [0.5, 0.6) is 0 Å². The number of thiazole rings is 1. The van der Waals surface area contributed by atoms with Gasteiger partial charge in [-0.3, -0.25) is 0 Å². The first kappa shape index (κ1) is 9.12. The second-order valence-electron chi connectivity index (χ2n) is 3.26. The van der Waals surface area contributed by atoms with Crippen molar-refractivity contribution in [2.45, 2.75) is 18.8 Å². The predicted molar refractivity (Wildman–Crippen MR) is 53.0 cm³/mol. The summed E-state index contributed by atoms with van der Waals surface area (Å²) in [5.41, 5.74) is 5.48. The normalized spacial score (nSPS) is 22.4. The number of hydrogen-bond acceptors (Lipinski definition) is 4. The predicted octanol–water partition coefficient (Wildman–Crippen LogP) is 1.15. The number of ether oxygens (including phenoxy) is 1. The summed E-state index contributed by atoms with van der Waals surface area (Å²) in [6, 6.07) is 0. The minimum atomic E-state index is 0.538. The van der Waals surface area contributed by atoms with Gasteiger partial charge in [0.05, 0.1) is 11.6 Å². The summed E-state index contributed by atoms with van der Waals surface area (Å²) in [4.78, 5) is 5.70. The fourth-order valence-corrected chi connectivity index (χ4v) is 2.55. The van der Waals surface area contributed by atoms with Gasteiger partial charge in [-0.2, -0.15) is 0 Å². The molecule has 1 aromatic rings. The Balaban J connectivity index is 2.03. The van der Waals surface area contributed by atoms with Gasteiger partial charge in [0.1, 0.15) is 0 Å². The summed E-state index contributed by atoms with van der Waals surface area (Å²) in [7, 11) is 0. The van der Waals surface area contributed by atoms with Gasteiger partial charge in [-0.15, -0.1) is 11.3 Å². The first-order chi connectivity index (χ1) is 6.40. The molecule has 13 heavy (non-hydrogen) atoms. The molecule has 2 N–H and O–H groups in total. The highest BCUT2D eigenvalue weighted by Gasteiger charge is 2.20. The first-order valence-corrected chi connectivity index (χ1v) is 5.44. The van der Waals surface area contributed by atoms with Crippen LogP contribution in [0.1, 0.15) is 22.2 Å². The maximum atomic E-state index is 5.48. The van der Waals surface area contributed by atoms with Crippen LogP contribution in [0.25, 0.3) is 0 Å². The van der Waals surface area contributed by atoms with Crippen molar-refractivity contribution in [2.24, 2.45) is 5.73 Å². The SMILES string of the molecule is NCCc1cnc(C2CCOC2)s1. The molecule has 1 atom stereocenters. The molecule has 1 aromatic heterocycles. The maximum absolute atomic E-state index is 5.48. The molecule has 0 aliphatic carbocycles. The second kappa shape index (κ2) is 4.17. The lowest BCUT2D eigenvalue weighted by molar-refractivity contribution is 0.194. The van der Waals surface area contributed by atoms with Gasteiger partial charge >= 0.3 is 0 Å². The van der Waals surface area contributed by atoms with Crippen LogP contribution < -0.4 is 5.73 Å². The molecule has 4 heteroatoms. The summed E-state index contributed by atoms with van der Waals surface area (Å²) in [6.07, 6.45) is 4.02. The molecule has 0 radical (unpaired) electrons. The zero-order valence-electron chi connectivity index (χ0n) is 7.53. The molecule has 2 heterocycles. The van der Waals surface area contributed by atoms with Crippen LogP contribution in [0.2, 0.25) is 0 Å². The highest BCUT2D eigenvalue weighted by atomic mass is 32.1.